The number of halogens is 1. The van der Waals surface area contributed by atoms with Gasteiger partial charge in [-0.3, -0.25) is 4.79 Å². The van der Waals surface area contributed by atoms with Crippen molar-refractivity contribution in [3.8, 4) is 0 Å². The summed E-state index contributed by atoms with van der Waals surface area (Å²) >= 11 is 1.65. The van der Waals surface area contributed by atoms with Gasteiger partial charge in [-0.25, -0.2) is 4.39 Å². The summed E-state index contributed by atoms with van der Waals surface area (Å²) in [4.78, 5) is 11.5. The van der Waals surface area contributed by atoms with Gasteiger partial charge in [0.2, 0.25) is 0 Å². The molecular weight excluding hydrogens is 211 g/mol. The normalized spacial score (nSPS) is 10.3. The second kappa shape index (κ2) is 5.91. The third-order valence-corrected chi connectivity index (χ3v) is 2.90. The first kappa shape index (κ1) is 12.2. The van der Waals surface area contributed by atoms with Gasteiger partial charge in [-0.1, -0.05) is 6.07 Å². The predicted octanol–water partition coefficient (Wildman–Crippen LogP) is 3.00. The highest BCUT2D eigenvalue weighted by atomic mass is 32.2. The Morgan fingerprint density at radius 3 is 2.87 bits per heavy atom. The van der Waals surface area contributed by atoms with E-state index in [1.54, 1.807) is 17.8 Å². The zero-order valence-electron chi connectivity index (χ0n) is 9.05. The van der Waals surface area contributed by atoms with Gasteiger partial charge in [0.1, 0.15) is 11.6 Å². The van der Waals surface area contributed by atoms with Crippen molar-refractivity contribution in [1.82, 2.24) is 0 Å². The minimum atomic E-state index is -0.270. The molecule has 0 fully saturated rings. The summed E-state index contributed by atoms with van der Waals surface area (Å²) < 4.78 is 12.9. The second-order valence-electron chi connectivity index (χ2n) is 3.53. The van der Waals surface area contributed by atoms with Gasteiger partial charge in [0.25, 0.3) is 0 Å². The zero-order chi connectivity index (χ0) is 11.3. The second-order valence-corrected chi connectivity index (χ2v) is 4.51. The molecule has 15 heavy (non-hydrogen) atoms. The summed E-state index contributed by atoms with van der Waals surface area (Å²) in [6.45, 7) is 1.90. The summed E-state index contributed by atoms with van der Waals surface area (Å²) in [6.07, 6.45) is 2.89. The Labute approximate surface area is 94.1 Å². The van der Waals surface area contributed by atoms with Crippen LogP contribution in [0.5, 0.6) is 0 Å². The van der Waals surface area contributed by atoms with E-state index in [1.807, 2.05) is 13.2 Å². The van der Waals surface area contributed by atoms with E-state index >= 15 is 0 Å². The summed E-state index contributed by atoms with van der Waals surface area (Å²) in [5, 5.41) is 0. The molecule has 3 heteroatoms. The molecule has 0 aliphatic carbocycles. The highest BCUT2D eigenvalue weighted by Crippen LogP contribution is 2.12. The fourth-order valence-electron chi connectivity index (χ4n) is 1.35. The molecule has 1 aromatic carbocycles. The third kappa shape index (κ3) is 4.04. The molecular formula is C12H15FOS. The van der Waals surface area contributed by atoms with Crippen LogP contribution in [0.25, 0.3) is 0 Å². The summed E-state index contributed by atoms with van der Waals surface area (Å²) in [5.74, 6) is 0.749. The first-order valence-corrected chi connectivity index (χ1v) is 6.28. The van der Waals surface area contributed by atoms with Gasteiger partial charge in [-0.15, -0.1) is 0 Å². The monoisotopic (exact) mass is 226 g/mol. The lowest BCUT2D eigenvalue weighted by Crippen LogP contribution is -2.05. The van der Waals surface area contributed by atoms with Crippen molar-refractivity contribution >= 4 is 17.5 Å². The van der Waals surface area contributed by atoms with Crippen molar-refractivity contribution in [2.24, 2.45) is 0 Å². The van der Waals surface area contributed by atoms with Crippen LogP contribution in [0.3, 0.4) is 0 Å². The quantitative estimate of drug-likeness (QED) is 0.767. The minimum Gasteiger partial charge on any atom is -0.299 e. The van der Waals surface area contributed by atoms with E-state index in [0.29, 0.717) is 12.8 Å². The number of aryl methyl sites for hydroxylation is 1. The molecule has 0 aliphatic rings. The van der Waals surface area contributed by atoms with Gasteiger partial charge in [-0.05, 0) is 42.2 Å². The molecule has 82 valence electrons. The zero-order valence-corrected chi connectivity index (χ0v) is 9.86. The number of carbonyl (C=O) groups excluding carboxylic acids is 1. The Kier molecular flexibility index (Phi) is 4.82. The molecule has 0 radical (unpaired) electrons. The third-order valence-electron chi connectivity index (χ3n) is 2.28. The Hall–Kier alpha value is -0.830. The van der Waals surface area contributed by atoms with Crippen molar-refractivity contribution in [2.45, 2.75) is 19.8 Å². The van der Waals surface area contributed by atoms with E-state index in [1.165, 1.54) is 12.1 Å². The minimum absolute atomic E-state index is 0.179. The summed E-state index contributed by atoms with van der Waals surface area (Å²) in [7, 11) is 0. The van der Waals surface area contributed by atoms with Gasteiger partial charge in [0, 0.05) is 12.8 Å². The molecule has 0 atom stereocenters. The van der Waals surface area contributed by atoms with Gasteiger partial charge >= 0.3 is 0 Å². The number of Topliss-reactive ketones (excluding diaryl/α,β-unsaturated/α-hetero) is 1. The fraction of sp³-hybridized carbons (Fsp3) is 0.417. The molecule has 0 saturated carbocycles. The molecule has 0 spiro atoms. The van der Waals surface area contributed by atoms with Crippen LogP contribution in [0.15, 0.2) is 18.2 Å². The maximum Gasteiger partial charge on any atom is 0.138 e. The van der Waals surface area contributed by atoms with Crippen LogP contribution in [0, 0.1) is 12.7 Å². The maximum absolute atomic E-state index is 12.9. The van der Waals surface area contributed by atoms with E-state index in [0.717, 1.165) is 16.9 Å². The largest absolute Gasteiger partial charge is 0.299 e. The number of benzene rings is 1. The molecule has 1 rings (SSSR count). The van der Waals surface area contributed by atoms with Gasteiger partial charge in [-0.2, -0.15) is 11.8 Å². The van der Waals surface area contributed by atoms with Crippen molar-refractivity contribution in [2.75, 3.05) is 12.0 Å². The van der Waals surface area contributed by atoms with E-state index < -0.39 is 0 Å². The van der Waals surface area contributed by atoms with Gasteiger partial charge in [0.15, 0.2) is 0 Å². The van der Waals surface area contributed by atoms with Gasteiger partial charge < -0.3 is 0 Å². The number of ketones is 1. The molecule has 0 heterocycles. The van der Waals surface area contributed by atoms with Crippen LogP contribution >= 0.6 is 11.8 Å². The molecule has 0 aromatic heterocycles. The number of carbonyl (C=O) groups is 1. The molecule has 0 unspecified atom stereocenters. The van der Waals surface area contributed by atoms with Crippen LogP contribution in [0.4, 0.5) is 4.39 Å². The van der Waals surface area contributed by atoms with Crippen molar-refractivity contribution in [3.05, 3.63) is 35.1 Å². The van der Waals surface area contributed by atoms with E-state index in [9.17, 15) is 9.18 Å². The molecule has 0 amide bonds. The lowest BCUT2D eigenvalue weighted by Gasteiger charge is -2.04. The van der Waals surface area contributed by atoms with E-state index in [2.05, 4.69) is 0 Å². The van der Waals surface area contributed by atoms with Crippen LogP contribution in [-0.4, -0.2) is 17.8 Å². The van der Waals surface area contributed by atoms with Crippen LogP contribution in [0.2, 0.25) is 0 Å². The topological polar surface area (TPSA) is 17.1 Å². The van der Waals surface area contributed by atoms with Crippen LogP contribution in [-0.2, 0) is 11.2 Å². The summed E-state index contributed by atoms with van der Waals surface area (Å²) in [5.41, 5.74) is 1.79. The Morgan fingerprint density at radius 2 is 2.20 bits per heavy atom. The van der Waals surface area contributed by atoms with Crippen LogP contribution < -0.4 is 0 Å². The fourth-order valence-corrected chi connectivity index (χ4v) is 1.78. The Bertz CT molecular complexity index is 349. The van der Waals surface area contributed by atoms with Crippen molar-refractivity contribution in [3.63, 3.8) is 0 Å². The average molecular weight is 226 g/mol. The van der Waals surface area contributed by atoms with E-state index in [4.69, 9.17) is 0 Å². The number of thioether (sulfide) groups is 1. The van der Waals surface area contributed by atoms with Crippen molar-refractivity contribution in [1.29, 1.82) is 0 Å². The Morgan fingerprint density at radius 1 is 1.47 bits per heavy atom. The predicted molar refractivity (Wildman–Crippen MR) is 62.8 cm³/mol. The standard InChI is InChI=1S/C12H15FOS/c1-9-3-4-11(13)7-10(9)8-12(14)5-6-15-2/h3-4,7H,5-6,8H2,1-2H3. The highest BCUT2D eigenvalue weighted by Gasteiger charge is 2.06. The number of hydrogen-bond donors (Lipinski definition) is 0. The van der Waals surface area contributed by atoms with Crippen LogP contribution in [0.1, 0.15) is 17.5 Å². The Balaban J connectivity index is 2.63. The first-order chi connectivity index (χ1) is 7.13. The molecule has 1 nitrogen and oxygen atoms in total. The lowest BCUT2D eigenvalue weighted by atomic mass is 10.0. The maximum atomic E-state index is 12.9. The smallest absolute Gasteiger partial charge is 0.138 e. The summed E-state index contributed by atoms with van der Waals surface area (Å²) in [6, 6.07) is 4.59. The highest BCUT2D eigenvalue weighted by molar-refractivity contribution is 7.98. The first-order valence-electron chi connectivity index (χ1n) is 4.89. The molecule has 0 bridgehead atoms. The molecule has 0 N–H and O–H groups in total. The SMILES string of the molecule is CSCCC(=O)Cc1cc(F)ccc1C. The molecule has 1 aromatic rings. The van der Waals surface area contributed by atoms with Crippen molar-refractivity contribution < 1.29 is 9.18 Å². The van der Waals surface area contributed by atoms with Gasteiger partial charge in [0.05, 0.1) is 0 Å². The molecule has 0 aliphatic heterocycles. The lowest BCUT2D eigenvalue weighted by molar-refractivity contribution is -0.118. The average Bonchev–Trinajstić information content (AvgIpc) is 2.20. The van der Waals surface area contributed by atoms with E-state index in [-0.39, 0.29) is 11.6 Å². The molecule has 0 saturated heterocycles. The number of hydrogen-bond acceptors (Lipinski definition) is 2. The number of rotatable bonds is 5.